The van der Waals surface area contributed by atoms with E-state index in [1.54, 1.807) is 30.7 Å². The van der Waals surface area contributed by atoms with Gasteiger partial charge < -0.3 is 14.9 Å². The maximum absolute atomic E-state index is 11.9. The number of amides is 2. The van der Waals surface area contributed by atoms with Crippen molar-refractivity contribution in [2.75, 3.05) is 26.7 Å². The second-order valence-corrected chi connectivity index (χ2v) is 4.66. The van der Waals surface area contributed by atoms with Gasteiger partial charge in [0.05, 0.1) is 0 Å². The lowest BCUT2D eigenvalue weighted by molar-refractivity contribution is -0.157. The topological polar surface area (TPSA) is 60.9 Å². The molecule has 0 bridgehead atoms. The molecule has 1 N–H and O–H groups in total. The van der Waals surface area contributed by atoms with Crippen molar-refractivity contribution in [1.29, 1.82) is 0 Å². The van der Waals surface area contributed by atoms with E-state index >= 15 is 0 Å². The van der Waals surface area contributed by atoms with Gasteiger partial charge in [-0.3, -0.25) is 9.59 Å². The van der Waals surface area contributed by atoms with Crippen LogP contribution in [0.15, 0.2) is 0 Å². The summed E-state index contributed by atoms with van der Waals surface area (Å²) in [5.74, 6) is -0.0865. The third kappa shape index (κ3) is 2.35. The number of aliphatic hydroxyl groups excluding tert-OH is 1. The first kappa shape index (κ1) is 13.0. The second-order valence-electron chi connectivity index (χ2n) is 4.66. The number of rotatable bonds is 3. The van der Waals surface area contributed by atoms with Crippen molar-refractivity contribution in [3.05, 3.63) is 0 Å². The summed E-state index contributed by atoms with van der Waals surface area (Å²) in [5, 5.41) is 8.69. The highest BCUT2D eigenvalue weighted by atomic mass is 16.3. The monoisotopic (exact) mass is 228 g/mol. The van der Waals surface area contributed by atoms with Crippen molar-refractivity contribution in [3.8, 4) is 0 Å². The van der Waals surface area contributed by atoms with E-state index in [9.17, 15) is 9.59 Å². The highest BCUT2D eigenvalue weighted by Crippen LogP contribution is 2.22. The first-order chi connectivity index (χ1) is 7.41. The molecule has 0 saturated carbocycles. The molecule has 1 heterocycles. The minimum Gasteiger partial charge on any atom is -0.396 e. The molecular formula is C11H20N2O3. The van der Waals surface area contributed by atoms with Gasteiger partial charge in [-0.2, -0.15) is 0 Å². The van der Waals surface area contributed by atoms with Crippen molar-refractivity contribution < 1.29 is 14.7 Å². The molecule has 1 rings (SSSR count). The lowest BCUT2D eigenvalue weighted by Crippen LogP contribution is -2.63. The fraction of sp³-hybridized carbons (Fsp3) is 0.818. The van der Waals surface area contributed by atoms with Gasteiger partial charge in [0.15, 0.2) is 0 Å². The van der Waals surface area contributed by atoms with Gasteiger partial charge in [0, 0.05) is 33.2 Å². The number of piperazine rings is 1. The van der Waals surface area contributed by atoms with Crippen molar-refractivity contribution in [2.45, 2.75) is 32.2 Å². The lowest BCUT2D eigenvalue weighted by Gasteiger charge is -2.44. The zero-order chi connectivity index (χ0) is 12.3. The van der Waals surface area contributed by atoms with E-state index in [0.717, 1.165) is 0 Å². The van der Waals surface area contributed by atoms with E-state index in [1.807, 2.05) is 0 Å². The number of aliphatic hydroxyl groups is 1. The third-order valence-corrected chi connectivity index (χ3v) is 3.05. The van der Waals surface area contributed by atoms with Gasteiger partial charge >= 0.3 is 0 Å². The fourth-order valence-electron chi connectivity index (χ4n) is 2.02. The average Bonchev–Trinajstić information content (AvgIpc) is 2.23. The molecule has 0 aliphatic carbocycles. The number of carbonyl (C=O) groups excluding carboxylic acids is 2. The van der Waals surface area contributed by atoms with Gasteiger partial charge in [0.25, 0.3) is 0 Å². The smallest absolute Gasteiger partial charge is 0.247 e. The number of carbonyl (C=O) groups is 2. The van der Waals surface area contributed by atoms with Crippen molar-refractivity contribution in [1.82, 2.24) is 9.80 Å². The average molecular weight is 228 g/mol. The zero-order valence-corrected chi connectivity index (χ0v) is 10.2. The highest BCUT2D eigenvalue weighted by Gasteiger charge is 2.42. The van der Waals surface area contributed by atoms with Crippen LogP contribution < -0.4 is 0 Å². The molecule has 16 heavy (non-hydrogen) atoms. The molecule has 5 heteroatoms. The van der Waals surface area contributed by atoms with E-state index in [-0.39, 0.29) is 18.4 Å². The van der Waals surface area contributed by atoms with E-state index in [2.05, 4.69) is 0 Å². The van der Waals surface area contributed by atoms with Gasteiger partial charge in [-0.25, -0.2) is 0 Å². The Morgan fingerprint density at radius 2 is 2.06 bits per heavy atom. The van der Waals surface area contributed by atoms with E-state index < -0.39 is 5.54 Å². The molecule has 92 valence electrons. The van der Waals surface area contributed by atoms with E-state index in [0.29, 0.717) is 25.9 Å². The molecule has 0 aromatic rings. The lowest BCUT2D eigenvalue weighted by atomic mass is 9.97. The summed E-state index contributed by atoms with van der Waals surface area (Å²) in [4.78, 5) is 27.1. The molecule has 0 aromatic carbocycles. The summed E-state index contributed by atoms with van der Waals surface area (Å²) < 4.78 is 0. The Kier molecular flexibility index (Phi) is 3.91. The third-order valence-electron chi connectivity index (χ3n) is 3.05. The molecule has 1 aliphatic heterocycles. The van der Waals surface area contributed by atoms with Gasteiger partial charge in [-0.1, -0.05) is 0 Å². The first-order valence-electron chi connectivity index (χ1n) is 5.58. The predicted molar refractivity (Wildman–Crippen MR) is 59.7 cm³/mol. The molecule has 0 aromatic heterocycles. The summed E-state index contributed by atoms with van der Waals surface area (Å²) >= 11 is 0. The largest absolute Gasteiger partial charge is 0.396 e. The van der Waals surface area contributed by atoms with E-state index in [1.165, 1.54) is 0 Å². The Morgan fingerprint density at radius 3 is 2.62 bits per heavy atom. The molecule has 0 spiro atoms. The van der Waals surface area contributed by atoms with Gasteiger partial charge in [0.1, 0.15) is 5.54 Å². The Morgan fingerprint density at radius 1 is 1.44 bits per heavy atom. The van der Waals surface area contributed by atoms with Crippen molar-refractivity contribution >= 4 is 11.8 Å². The molecule has 1 fully saturated rings. The minimum absolute atomic E-state index is 0.00780. The van der Waals surface area contributed by atoms with Crippen LogP contribution in [0.2, 0.25) is 0 Å². The Labute approximate surface area is 96.0 Å². The van der Waals surface area contributed by atoms with Gasteiger partial charge in [-0.15, -0.1) is 0 Å². The molecule has 5 nitrogen and oxygen atoms in total. The molecule has 0 atom stereocenters. The molecular weight excluding hydrogens is 208 g/mol. The molecule has 0 unspecified atom stereocenters. The van der Waals surface area contributed by atoms with Crippen LogP contribution in [-0.4, -0.2) is 59.0 Å². The van der Waals surface area contributed by atoms with Crippen LogP contribution in [-0.2, 0) is 9.59 Å². The normalized spacial score (nSPS) is 20.1. The highest BCUT2D eigenvalue weighted by molar-refractivity contribution is 5.91. The van der Waals surface area contributed by atoms with Crippen LogP contribution in [0.3, 0.4) is 0 Å². The summed E-state index contributed by atoms with van der Waals surface area (Å²) in [5.41, 5.74) is -0.764. The quantitative estimate of drug-likeness (QED) is 0.730. The Bertz CT molecular complexity index is 289. The van der Waals surface area contributed by atoms with E-state index in [4.69, 9.17) is 5.11 Å². The van der Waals surface area contributed by atoms with Crippen LogP contribution >= 0.6 is 0 Å². The number of hydrogen-bond donors (Lipinski definition) is 1. The summed E-state index contributed by atoms with van der Waals surface area (Å²) in [7, 11) is 1.75. The molecule has 1 saturated heterocycles. The Hall–Kier alpha value is -1.10. The van der Waals surface area contributed by atoms with Crippen LogP contribution in [0.1, 0.15) is 26.7 Å². The summed E-state index contributed by atoms with van der Waals surface area (Å²) in [6.45, 7) is 4.68. The summed E-state index contributed by atoms with van der Waals surface area (Å²) in [6, 6.07) is 0. The number of hydrogen-bond acceptors (Lipinski definition) is 3. The van der Waals surface area contributed by atoms with Gasteiger partial charge in [0.2, 0.25) is 11.8 Å². The van der Waals surface area contributed by atoms with Crippen LogP contribution in [0.5, 0.6) is 0 Å². The number of likely N-dealkylation sites (N-methyl/N-ethyl adjacent to an activating group) is 1. The molecule has 2 amide bonds. The maximum atomic E-state index is 11.9. The Balaban J connectivity index is 2.73. The van der Waals surface area contributed by atoms with Gasteiger partial charge in [-0.05, 0) is 20.3 Å². The SMILES string of the molecule is CN1CCN(C(=O)CCCO)C(C)(C)C1=O. The second kappa shape index (κ2) is 4.82. The molecule has 0 radical (unpaired) electrons. The standard InChI is InChI=1S/C11H20N2O3/c1-11(2)10(16)12(3)6-7-13(11)9(15)5-4-8-14/h14H,4-8H2,1-3H3. The fourth-order valence-corrected chi connectivity index (χ4v) is 2.02. The summed E-state index contributed by atoms with van der Waals surface area (Å²) in [6.07, 6.45) is 0.756. The zero-order valence-electron chi connectivity index (χ0n) is 10.2. The van der Waals surface area contributed by atoms with Crippen LogP contribution in [0.25, 0.3) is 0 Å². The van der Waals surface area contributed by atoms with Crippen molar-refractivity contribution in [3.63, 3.8) is 0 Å². The first-order valence-corrected chi connectivity index (χ1v) is 5.58. The molecule has 1 aliphatic rings. The van der Waals surface area contributed by atoms with Crippen molar-refractivity contribution in [2.24, 2.45) is 0 Å². The van der Waals surface area contributed by atoms with Crippen LogP contribution in [0.4, 0.5) is 0 Å². The predicted octanol–water partition coefficient (Wildman–Crippen LogP) is -0.162. The minimum atomic E-state index is -0.764. The van der Waals surface area contributed by atoms with Crippen LogP contribution in [0, 0.1) is 0 Å². The maximum Gasteiger partial charge on any atom is 0.247 e. The number of nitrogens with zero attached hydrogens (tertiary/aromatic N) is 2.